The van der Waals surface area contributed by atoms with E-state index in [1.54, 1.807) is 0 Å². The second-order valence-corrected chi connectivity index (χ2v) is 7.64. The highest BCUT2D eigenvalue weighted by Crippen LogP contribution is 2.25. The van der Waals surface area contributed by atoms with Crippen molar-refractivity contribution in [3.63, 3.8) is 0 Å². The maximum absolute atomic E-state index is 12.5. The van der Waals surface area contributed by atoms with Crippen molar-refractivity contribution < 1.29 is 13.2 Å². The first-order valence-corrected chi connectivity index (χ1v) is 9.65. The molecule has 2 N–H and O–H groups in total. The summed E-state index contributed by atoms with van der Waals surface area (Å²) in [5, 5.41) is 3.07. The third-order valence-corrected chi connectivity index (χ3v) is 4.41. The molecule has 2 aromatic carbocycles. The number of carbonyl (C=O) groups is 1. The molecule has 0 aliphatic rings. The Morgan fingerprint density at radius 3 is 2.50 bits per heavy atom. The summed E-state index contributed by atoms with van der Waals surface area (Å²) in [7, 11) is -3.40. The molecule has 0 radical (unpaired) electrons. The Kier molecular flexibility index (Phi) is 5.51. The zero-order valence-corrected chi connectivity index (χ0v) is 15.3. The summed E-state index contributed by atoms with van der Waals surface area (Å²) in [4.78, 5) is 12.5. The van der Waals surface area contributed by atoms with E-state index in [-0.39, 0.29) is 16.5 Å². The maximum Gasteiger partial charge on any atom is 0.257 e. The second kappa shape index (κ2) is 7.23. The minimum atomic E-state index is -3.40. The molecule has 0 aliphatic carbocycles. The number of hydrogen-bond donors (Lipinski definition) is 2. The lowest BCUT2D eigenvalue weighted by Gasteiger charge is -2.14. The van der Waals surface area contributed by atoms with Gasteiger partial charge in [0, 0.05) is 11.4 Å². The maximum atomic E-state index is 12.5. The summed E-state index contributed by atoms with van der Waals surface area (Å²) in [6.45, 7) is 3.94. The molecule has 7 heteroatoms. The standard InChI is InChI=1S/C17H19ClN2O3S/c1-4-12-7-5-6-11(2)16(12)19-17(21)14-9-8-13(10-15(14)18)20-24(3,22)23/h5-10,20H,4H2,1-3H3,(H,19,21). The fraction of sp³-hybridized carbons (Fsp3) is 0.235. The molecule has 24 heavy (non-hydrogen) atoms. The average Bonchev–Trinajstić information content (AvgIpc) is 2.47. The van der Waals surface area contributed by atoms with Crippen LogP contribution in [-0.2, 0) is 16.4 Å². The summed E-state index contributed by atoms with van der Waals surface area (Å²) in [6.07, 6.45) is 1.84. The molecule has 0 saturated heterocycles. The molecule has 0 bridgehead atoms. The van der Waals surface area contributed by atoms with Gasteiger partial charge in [-0.3, -0.25) is 9.52 Å². The van der Waals surface area contributed by atoms with E-state index in [0.717, 1.165) is 29.5 Å². The summed E-state index contributed by atoms with van der Waals surface area (Å²) in [6, 6.07) is 10.2. The number of halogens is 1. The van der Waals surface area contributed by atoms with Crippen LogP contribution in [-0.4, -0.2) is 20.6 Å². The van der Waals surface area contributed by atoms with Crippen LogP contribution in [0.15, 0.2) is 36.4 Å². The molecule has 2 aromatic rings. The molecule has 0 saturated carbocycles. The molecule has 128 valence electrons. The van der Waals surface area contributed by atoms with Gasteiger partial charge in [0.2, 0.25) is 10.0 Å². The molecular weight excluding hydrogens is 348 g/mol. The number of anilines is 2. The van der Waals surface area contributed by atoms with Gasteiger partial charge in [0.15, 0.2) is 0 Å². The number of amides is 1. The van der Waals surface area contributed by atoms with Crippen molar-refractivity contribution in [3.8, 4) is 0 Å². The van der Waals surface area contributed by atoms with Crippen molar-refractivity contribution in [1.82, 2.24) is 0 Å². The van der Waals surface area contributed by atoms with Gasteiger partial charge in [0.05, 0.1) is 16.8 Å². The minimum absolute atomic E-state index is 0.174. The van der Waals surface area contributed by atoms with Crippen molar-refractivity contribution in [2.24, 2.45) is 0 Å². The van der Waals surface area contributed by atoms with Gasteiger partial charge in [0.1, 0.15) is 0 Å². The van der Waals surface area contributed by atoms with E-state index in [4.69, 9.17) is 11.6 Å². The van der Waals surface area contributed by atoms with Gasteiger partial charge in [-0.15, -0.1) is 0 Å². The van der Waals surface area contributed by atoms with Gasteiger partial charge < -0.3 is 5.32 Å². The van der Waals surface area contributed by atoms with E-state index in [9.17, 15) is 13.2 Å². The molecule has 0 spiro atoms. The van der Waals surface area contributed by atoms with Gasteiger partial charge >= 0.3 is 0 Å². The zero-order chi connectivity index (χ0) is 17.9. The average molecular weight is 367 g/mol. The number of aryl methyl sites for hydroxylation is 2. The van der Waals surface area contributed by atoms with Crippen LogP contribution in [0.2, 0.25) is 5.02 Å². The molecule has 0 heterocycles. The zero-order valence-electron chi connectivity index (χ0n) is 13.7. The smallest absolute Gasteiger partial charge is 0.257 e. The van der Waals surface area contributed by atoms with Crippen molar-refractivity contribution in [2.75, 3.05) is 16.3 Å². The highest BCUT2D eigenvalue weighted by Gasteiger charge is 2.14. The molecule has 0 aliphatic heterocycles. The number of para-hydroxylation sites is 1. The van der Waals surface area contributed by atoms with Crippen molar-refractivity contribution in [1.29, 1.82) is 0 Å². The molecular formula is C17H19ClN2O3S. The summed E-state index contributed by atoms with van der Waals surface area (Å²) < 4.78 is 24.8. The van der Waals surface area contributed by atoms with Crippen LogP contribution >= 0.6 is 11.6 Å². The fourth-order valence-electron chi connectivity index (χ4n) is 2.36. The SMILES string of the molecule is CCc1cccc(C)c1NC(=O)c1ccc(NS(C)(=O)=O)cc1Cl. The van der Waals surface area contributed by atoms with E-state index in [1.807, 2.05) is 32.0 Å². The van der Waals surface area contributed by atoms with Crippen molar-refractivity contribution >= 4 is 38.9 Å². The Morgan fingerprint density at radius 1 is 1.21 bits per heavy atom. The van der Waals surface area contributed by atoms with E-state index >= 15 is 0 Å². The van der Waals surface area contributed by atoms with Crippen LogP contribution in [0.1, 0.15) is 28.4 Å². The lowest BCUT2D eigenvalue weighted by Crippen LogP contribution is -2.15. The molecule has 2 rings (SSSR count). The van der Waals surface area contributed by atoms with Crippen LogP contribution in [0, 0.1) is 6.92 Å². The topological polar surface area (TPSA) is 75.3 Å². The van der Waals surface area contributed by atoms with Crippen LogP contribution < -0.4 is 10.0 Å². The Hall–Kier alpha value is -2.05. The highest BCUT2D eigenvalue weighted by molar-refractivity contribution is 7.92. The van der Waals surface area contributed by atoms with Gasteiger partial charge in [-0.25, -0.2) is 8.42 Å². The molecule has 0 atom stereocenters. The number of carbonyl (C=O) groups excluding carboxylic acids is 1. The van der Waals surface area contributed by atoms with Crippen molar-refractivity contribution in [3.05, 3.63) is 58.1 Å². The first kappa shape index (κ1) is 18.3. The second-order valence-electron chi connectivity index (χ2n) is 5.49. The minimum Gasteiger partial charge on any atom is -0.321 e. The quantitative estimate of drug-likeness (QED) is 0.844. The Bertz CT molecular complexity index is 879. The van der Waals surface area contributed by atoms with Crippen LogP contribution in [0.5, 0.6) is 0 Å². The number of hydrogen-bond acceptors (Lipinski definition) is 3. The Balaban J connectivity index is 2.28. The summed E-state index contributed by atoms with van der Waals surface area (Å²) in [5.41, 5.74) is 3.37. The predicted octanol–water partition coefficient (Wildman–Crippen LogP) is 3.83. The predicted molar refractivity (Wildman–Crippen MR) is 98.4 cm³/mol. The lowest BCUT2D eigenvalue weighted by atomic mass is 10.1. The summed E-state index contributed by atoms with van der Waals surface area (Å²) >= 11 is 6.14. The molecule has 0 fully saturated rings. The number of benzene rings is 2. The van der Waals surface area contributed by atoms with Gasteiger partial charge in [-0.05, 0) is 42.7 Å². The highest BCUT2D eigenvalue weighted by atomic mass is 35.5. The normalized spacial score (nSPS) is 11.2. The number of rotatable bonds is 5. The third kappa shape index (κ3) is 4.49. The Morgan fingerprint density at radius 2 is 1.92 bits per heavy atom. The monoisotopic (exact) mass is 366 g/mol. The van der Waals surface area contributed by atoms with Crippen LogP contribution in [0.3, 0.4) is 0 Å². The van der Waals surface area contributed by atoms with Gasteiger partial charge in [-0.2, -0.15) is 0 Å². The Labute approximate surface area is 147 Å². The number of nitrogens with one attached hydrogen (secondary N) is 2. The molecule has 5 nitrogen and oxygen atoms in total. The lowest BCUT2D eigenvalue weighted by molar-refractivity contribution is 0.102. The van der Waals surface area contributed by atoms with Crippen molar-refractivity contribution in [2.45, 2.75) is 20.3 Å². The van der Waals surface area contributed by atoms with Gasteiger partial charge in [-0.1, -0.05) is 36.7 Å². The van der Waals surface area contributed by atoms with Crippen LogP contribution in [0.4, 0.5) is 11.4 Å². The largest absolute Gasteiger partial charge is 0.321 e. The molecule has 0 unspecified atom stereocenters. The fourth-order valence-corrected chi connectivity index (χ4v) is 3.18. The third-order valence-electron chi connectivity index (χ3n) is 3.50. The molecule has 1 amide bonds. The molecule has 0 aromatic heterocycles. The van der Waals surface area contributed by atoms with Crippen LogP contribution in [0.25, 0.3) is 0 Å². The van der Waals surface area contributed by atoms with E-state index in [1.165, 1.54) is 18.2 Å². The number of sulfonamides is 1. The first-order chi connectivity index (χ1) is 11.2. The van der Waals surface area contributed by atoms with Gasteiger partial charge in [0.25, 0.3) is 5.91 Å². The summed E-state index contributed by atoms with van der Waals surface area (Å²) in [5.74, 6) is -0.338. The van der Waals surface area contributed by atoms with E-state index in [0.29, 0.717) is 5.69 Å². The van der Waals surface area contributed by atoms with E-state index in [2.05, 4.69) is 10.0 Å². The van der Waals surface area contributed by atoms with E-state index < -0.39 is 10.0 Å². The first-order valence-electron chi connectivity index (χ1n) is 7.38.